The van der Waals surface area contributed by atoms with E-state index in [1.54, 1.807) is 0 Å². The molecular weight excluding hydrogens is 328 g/mol. The lowest BCUT2D eigenvalue weighted by molar-refractivity contribution is 0.580. The SMILES string of the molecule is CCC[C@@H](C)c1c(-c2ccccc2)ncn1CCc1c[nH]c(=O)[nH]c1=O. The third kappa shape index (κ3) is 3.85. The Balaban J connectivity index is 1.92. The van der Waals surface area contributed by atoms with Gasteiger partial charge in [-0.3, -0.25) is 9.78 Å². The maximum absolute atomic E-state index is 11.9. The van der Waals surface area contributed by atoms with Crippen molar-refractivity contribution in [3.8, 4) is 11.3 Å². The summed E-state index contributed by atoms with van der Waals surface area (Å²) in [6.45, 7) is 5.04. The summed E-state index contributed by atoms with van der Waals surface area (Å²) < 4.78 is 2.13. The predicted octanol–water partition coefficient (Wildman–Crippen LogP) is 3.07. The number of nitrogens with zero attached hydrogens (tertiary/aromatic N) is 2. The second kappa shape index (κ2) is 7.99. The molecule has 6 heteroatoms. The monoisotopic (exact) mass is 352 g/mol. The molecule has 0 aliphatic rings. The van der Waals surface area contributed by atoms with Gasteiger partial charge in [-0.25, -0.2) is 9.78 Å². The fourth-order valence-electron chi connectivity index (χ4n) is 3.34. The number of hydrogen-bond donors (Lipinski definition) is 2. The summed E-state index contributed by atoms with van der Waals surface area (Å²) in [5, 5.41) is 0. The minimum atomic E-state index is -0.481. The molecule has 0 radical (unpaired) electrons. The highest BCUT2D eigenvalue weighted by Gasteiger charge is 2.18. The van der Waals surface area contributed by atoms with E-state index in [0.29, 0.717) is 24.4 Å². The van der Waals surface area contributed by atoms with E-state index in [0.717, 1.165) is 24.1 Å². The van der Waals surface area contributed by atoms with Crippen molar-refractivity contribution in [2.24, 2.45) is 0 Å². The Bertz CT molecular complexity index is 969. The molecule has 26 heavy (non-hydrogen) atoms. The lowest BCUT2D eigenvalue weighted by atomic mass is 9.97. The number of aromatic nitrogens is 4. The van der Waals surface area contributed by atoms with Crippen LogP contribution in [0.3, 0.4) is 0 Å². The molecular formula is C20H24N4O2. The third-order valence-corrected chi connectivity index (χ3v) is 4.63. The van der Waals surface area contributed by atoms with E-state index in [1.807, 2.05) is 24.5 Å². The van der Waals surface area contributed by atoms with Crippen molar-refractivity contribution in [3.63, 3.8) is 0 Å². The lowest BCUT2D eigenvalue weighted by Gasteiger charge is -2.16. The maximum Gasteiger partial charge on any atom is 0.325 e. The van der Waals surface area contributed by atoms with E-state index in [9.17, 15) is 9.59 Å². The van der Waals surface area contributed by atoms with Crippen molar-refractivity contribution in [2.75, 3.05) is 0 Å². The largest absolute Gasteiger partial charge is 0.333 e. The minimum absolute atomic E-state index is 0.333. The zero-order valence-electron chi connectivity index (χ0n) is 15.2. The summed E-state index contributed by atoms with van der Waals surface area (Å²) in [6.07, 6.45) is 6.04. The zero-order valence-corrected chi connectivity index (χ0v) is 15.2. The number of aryl methyl sites for hydroxylation is 2. The second-order valence-electron chi connectivity index (χ2n) is 6.57. The molecule has 0 amide bonds. The van der Waals surface area contributed by atoms with Gasteiger partial charge < -0.3 is 9.55 Å². The molecule has 0 spiro atoms. The molecule has 2 aromatic heterocycles. The Morgan fingerprint density at radius 2 is 1.96 bits per heavy atom. The van der Waals surface area contributed by atoms with Gasteiger partial charge in [0.15, 0.2) is 0 Å². The molecule has 3 aromatic rings. The van der Waals surface area contributed by atoms with Crippen molar-refractivity contribution in [3.05, 3.63) is 75.0 Å². The first-order chi connectivity index (χ1) is 12.6. The molecule has 6 nitrogen and oxygen atoms in total. The summed E-state index contributed by atoms with van der Waals surface area (Å²) in [4.78, 5) is 32.5. The van der Waals surface area contributed by atoms with Crippen LogP contribution in [0.4, 0.5) is 0 Å². The van der Waals surface area contributed by atoms with E-state index in [4.69, 9.17) is 0 Å². The quantitative estimate of drug-likeness (QED) is 0.685. The smallest absolute Gasteiger partial charge is 0.325 e. The van der Waals surface area contributed by atoms with E-state index in [1.165, 1.54) is 11.9 Å². The average Bonchev–Trinajstić information content (AvgIpc) is 3.06. The van der Waals surface area contributed by atoms with Crippen LogP contribution in [0, 0.1) is 0 Å². The normalized spacial score (nSPS) is 12.2. The molecule has 0 unspecified atom stereocenters. The molecule has 1 atom stereocenters. The van der Waals surface area contributed by atoms with Gasteiger partial charge in [0.2, 0.25) is 0 Å². The first kappa shape index (κ1) is 17.9. The Hall–Kier alpha value is -2.89. The molecule has 0 aliphatic heterocycles. The van der Waals surface area contributed by atoms with E-state index in [2.05, 4.69) is 45.5 Å². The predicted molar refractivity (Wildman–Crippen MR) is 102 cm³/mol. The summed E-state index contributed by atoms with van der Waals surface area (Å²) >= 11 is 0. The standard InChI is InChI=1S/C20H24N4O2/c1-3-7-14(2)18-17(15-8-5-4-6-9-15)22-13-24(18)11-10-16-12-21-20(26)23-19(16)25/h4-6,8-9,12-14H,3,7,10-11H2,1-2H3,(H2,21,23,25,26)/t14-/m1/s1. The van der Waals surface area contributed by atoms with Crippen molar-refractivity contribution >= 4 is 0 Å². The fraction of sp³-hybridized carbons (Fsp3) is 0.350. The Morgan fingerprint density at radius 3 is 2.65 bits per heavy atom. The molecule has 3 rings (SSSR count). The number of hydrogen-bond acceptors (Lipinski definition) is 3. The van der Waals surface area contributed by atoms with Gasteiger partial charge in [0.05, 0.1) is 12.0 Å². The molecule has 0 bridgehead atoms. The average molecular weight is 352 g/mol. The Morgan fingerprint density at radius 1 is 1.19 bits per heavy atom. The van der Waals surface area contributed by atoms with Crippen LogP contribution in [0.15, 0.2) is 52.4 Å². The lowest BCUT2D eigenvalue weighted by Crippen LogP contribution is -2.25. The van der Waals surface area contributed by atoms with Crippen LogP contribution < -0.4 is 11.2 Å². The Kier molecular flexibility index (Phi) is 5.51. The van der Waals surface area contributed by atoms with Gasteiger partial charge in [-0.1, -0.05) is 50.6 Å². The third-order valence-electron chi connectivity index (χ3n) is 4.63. The van der Waals surface area contributed by atoms with Gasteiger partial charge in [0, 0.05) is 29.6 Å². The molecule has 0 aliphatic carbocycles. The maximum atomic E-state index is 11.9. The van der Waals surface area contributed by atoms with Gasteiger partial charge in [-0.05, 0) is 18.8 Å². The number of aromatic amines is 2. The highest BCUT2D eigenvalue weighted by Crippen LogP contribution is 2.30. The molecule has 2 heterocycles. The molecule has 2 N–H and O–H groups in total. The Labute approximate surface area is 152 Å². The molecule has 0 saturated heterocycles. The summed E-state index contributed by atoms with van der Waals surface area (Å²) in [5.41, 5.74) is 3.05. The van der Waals surface area contributed by atoms with Gasteiger partial charge in [0.1, 0.15) is 0 Å². The van der Waals surface area contributed by atoms with Crippen LogP contribution in [0.1, 0.15) is 43.9 Å². The van der Waals surface area contributed by atoms with Crippen LogP contribution in [-0.4, -0.2) is 19.5 Å². The van der Waals surface area contributed by atoms with Gasteiger partial charge in [-0.15, -0.1) is 0 Å². The van der Waals surface area contributed by atoms with Crippen molar-refractivity contribution in [2.45, 2.75) is 45.6 Å². The molecule has 136 valence electrons. The van der Waals surface area contributed by atoms with E-state index < -0.39 is 5.69 Å². The summed E-state index contributed by atoms with van der Waals surface area (Å²) in [5.74, 6) is 0.367. The van der Waals surface area contributed by atoms with Crippen molar-refractivity contribution in [1.29, 1.82) is 0 Å². The molecule has 1 aromatic carbocycles. The summed E-state index contributed by atoms with van der Waals surface area (Å²) in [7, 11) is 0. The van der Waals surface area contributed by atoms with Gasteiger partial charge >= 0.3 is 5.69 Å². The first-order valence-corrected chi connectivity index (χ1v) is 9.01. The first-order valence-electron chi connectivity index (χ1n) is 9.01. The fourth-order valence-corrected chi connectivity index (χ4v) is 3.34. The number of imidazole rings is 1. The number of H-pyrrole nitrogens is 2. The van der Waals surface area contributed by atoms with E-state index in [-0.39, 0.29) is 5.56 Å². The van der Waals surface area contributed by atoms with Gasteiger partial charge in [0.25, 0.3) is 5.56 Å². The second-order valence-corrected chi connectivity index (χ2v) is 6.57. The van der Waals surface area contributed by atoms with Gasteiger partial charge in [-0.2, -0.15) is 0 Å². The molecule has 0 fully saturated rings. The van der Waals surface area contributed by atoms with Crippen LogP contribution in [0.5, 0.6) is 0 Å². The van der Waals surface area contributed by atoms with Crippen LogP contribution in [0.25, 0.3) is 11.3 Å². The van der Waals surface area contributed by atoms with Crippen LogP contribution in [-0.2, 0) is 13.0 Å². The van der Waals surface area contributed by atoms with Crippen molar-refractivity contribution < 1.29 is 0 Å². The highest BCUT2D eigenvalue weighted by atomic mass is 16.2. The molecule has 0 saturated carbocycles. The topological polar surface area (TPSA) is 83.5 Å². The van der Waals surface area contributed by atoms with Crippen molar-refractivity contribution in [1.82, 2.24) is 19.5 Å². The summed E-state index contributed by atoms with van der Waals surface area (Å²) in [6, 6.07) is 10.2. The zero-order chi connectivity index (χ0) is 18.5. The number of benzene rings is 1. The number of nitrogens with one attached hydrogen (secondary N) is 2. The highest BCUT2D eigenvalue weighted by molar-refractivity contribution is 5.62. The van der Waals surface area contributed by atoms with Crippen LogP contribution in [0.2, 0.25) is 0 Å². The van der Waals surface area contributed by atoms with Crippen LogP contribution >= 0.6 is 0 Å². The number of rotatable bonds is 7. The van der Waals surface area contributed by atoms with E-state index >= 15 is 0 Å². The minimum Gasteiger partial charge on any atom is -0.333 e.